The van der Waals surface area contributed by atoms with E-state index >= 15 is 0 Å². The van der Waals surface area contributed by atoms with Gasteiger partial charge in [-0.2, -0.15) is 0 Å². The van der Waals surface area contributed by atoms with Gasteiger partial charge < -0.3 is 33.6 Å². The molecule has 2 amide bonds. The molecular weight excluding hydrogens is 474 g/mol. The summed E-state index contributed by atoms with van der Waals surface area (Å²) in [6, 6.07) is 4.10. The van der Waals surface area contributed by atoms with Crippen molar-refractivity contribution >= 4 is 17.5 Å². The Morgan fingerprint density at radius 3 is 2.41 bits per heavy atom. The van der Waals surface area contributed by atoms with Gasteiger partial charge in [-0.15, -0.1) is 0 Å². The van der Waals surface area contributed by atoms with E-state index < -0.39 is 0 Å². The van der Waals surface area contributed by atoms with E-state index in [0.717, 1.165) is 19.4 Å². The van der Waals surface area contributed by atoms with Gasteiger partial charge in [-0.25, -0.2) is 0 Å². The van der Waals surface area contributed by atoms with Gasteiger partial charge in [0.2, 0.25) is 17.6 Å². The van der Waals surface area contributed by atoms with Crippen LogP contribution in [-0.2, 0) is 14.3 Å². The molecule has 0 bridgehead atoms. The standard InChI is InChI=1S/C28H43N3O6/c1-34-14-8-13-30(18-20-9-7-12-29-11-6-5-10-23(20)29)28(33)21-15-26(32)31(19-21)22-16-24(35-2)27(37-4)25(17-22)36-3/h16-17,20-21,23H,5-15,18-19H2,1-4H3. The number of carbonyl (C=O) groups excluding carboxylic acids is 2. The molecule has 0 radical (unpaired) electrons. The zero-order valence-electron chi connectivity index (χ0n) is 22.9. The lowest BCUT2D eigenvalue weighted by atomic mass is 9.83. The maximum Gasteiger partial charge on any atom is 0.228 e. The van der Waals surface area contributed by atoms with E-state index in [0.29, 0.717) is 54.6 Å². The molecule has 3 atom stereocenters. The molecule has 3 saturated heterocycles. The summed E-state index contributed by atoms with van der Waals surface area (Å²) in [4.78, 5) is 33.3. The molecule has 3 unspecified atom stereocenters. The van der Waals surface area contributed by atoms with E-state index in [1.807, 2.05) is 4.90 Å². The van der Waals surface area contributed by atoms with Gasteiger partial charge in [-0.3, -0.25) is 9.59 Å². The molecule has 3 aliphatic heterocycles. The highest BCUT2D eigenvalue weighted by molar-refractivity contribution is 6.00. The van der Waals surface area contributed by atoms with Crippen LogP contribution in [0.4, 0.5) is 5.69 Å². The second-order valence-electron chi connectivity index (χ2n) is 10.4. The van der Waals surface area contributed by atoms with Crippen molar-refractivity contribution in [2.24, 2.45) is 11.8 Å². The Hall–Kier alpha value is -2.52. The average molecular weight is 518 g/mol. The van der Waals surface area contributed by atoms with Crippen LogP contribution in [-0.4, -0.2) is 95.4 Å². The van der Waals surface area contributed by atoms with Crippen LogP contribution >= 0.6 is 0 Å². The molecule has 1 aromatic carbocycles. The first kappa shape index (κ1) is 27.5. The number of benzene rings is 1. The van der Waals surface area contributed by atoms with Crippen molar-refractivity contribution in [1.82, 2.24) is 9.80 Å². The lowest BCUT2D eigenvalue weighted by Gasteiger charge is -2.46. The minimum Gasteiger partial charge on any atom is -0.493 e. The Bertz CT molecular complexity index is 913. The average Bonchev–Trinajstić information content (AvgIpc) is 3.32. The molecule has 3 aliphatic rings. The van der Waals surface area contributed by atoms with Crippen molar-refractivity contribution in [2.75, 3.05) is 72.7 Å². The van der Waals surface area contributed by atoms with E-state index in [2.05, 4.69) is 4.90 Å². The molecule has 0 aliphatic carbocycles. The zero-order chi connectivity index (χ0) is 26.4. The summed E-state index contributed by atoms with van der Waals surface area (Å²) in [6.45, 7) is 4.74. The topological polar surface area (TPSA) is 80.8 Å². The molecular formula is C28H43N3O6. The number of rotatable bonds is 11. The number of nitrogens with zero attached hydrogens (tertiary/aromatic N) is 3. The number of hydrogen-bond acceptors (Lipinski definition) is 7. The highest BCUT2D eigenvalue weighted by atomic mass is 16.5. The van der Waals surface area contributed by atoms with Gasteiger partial charge in [0.05, 0.1) is 32.9 Å². The summed E-state index contributed by atoms with van der Waals surface area (Å²) in [5.41, 5.74) is 0.644. The fourth-order valence-electron chi connectivity index (χ4n) is 6.37. The minimum absolute atomic E-state index is 0.0689. The number of ether oxygens (including phenoxy) is 4. The fourth-order valence-corrected chi connectivity index (χ4v) is 6.37. The molecule has 9 heteroatoms. The van der Waals surface area contributed by atoms with Crippen LogP contribution in [0, 0.1) is 11.8 Å². The van der Waals surface area contributed by atoms with Crippen molar-refractivity contribution < 1.29 is 28.5 Å². The lowest BCUT2D eigenvalue weighted by molar-refractivity contribution is -0.137. The van der Waals surface area contributed by atoms with Gasteiger partial charge in [-0.1, -0.05) is 6.42 Å². The Morgan fingerprint density at radius 1 is 1.00 bits per heavy atom. The summed E-state index contributed by atoms with van der Waals surface area (Å²) in [6.07, 6.45) is 7.13. The summed E-state index contributed by atoms with van der Waals surface area (Å²) >= 11 is 0. The second-order valence-corrected chi connectivity index (χ2v) is 10.4. The lowest BCUT2D eigenvalue weighted by Crippen LogP contribution is -2.52. The maximum atomic E-state index is 13.9. The van der Waals surface area contributed by atoms with Crippen LogP contribution in [0.25, 0.3) is 0 Å². The van der Waals surface area contributed by atoms with Crippen molar-refractivity contribution in [2.45, 2.75) is 51.0 Å². The number of anilines is 1. The third-order valence-corrected chi connectivity index (χ3v) is 8.21. The largest absolute Gasteiger partial charge is 0.493 e. The van der Waals surface area contributed by atoms with E-state index in [1.54, 1.807) is 45.5 Å². The summed E-state index contributed by atoms with van der Waals surface area (Å²) in [5, 5.41) is 0. The van der Waals surface area contributed by atoms with E-state index in [4.69, 9.17) is 18.9 Å². The van der Waals surface area contributed by atoms with Gasteiger partial charge in [0.15, 0.2) is 11.5 Å². The molecule has 3 fully saturated rings. The van der Waals surface area contributed by atoms with Crippen molar-refractivity contribution in [1.29, 1.82) is 0 Å². The third kappa shape index (κ3) is 6.14. The van der Waals surface area contributed by atoms with Crippen LogP contribution in [0.1, 0.15) is 44.9 Å². The van der Waals surface area contributed by atoms with Gasteiger partial charge in [0, 0.05) is 57.9 Å². The van der Waals surface area contributed by atoms with Crippen LogP contribution < -0.4 is 19.1 Å². The predicted molar refractivity (Wildman–Crippen MR) is 142 cm³/mol. The van der Waals surface area contributed by atoms with Crippen LogP contribution in [0.5, 0.6) is 17.2 Å². The van der Waals surface area contributed by atoms with Gasteiger partial charge in [0.1, 0.15) is 0 Å². The number of amides is 2. The molecule has 0 aromatic heterocycles. The second kappa shape index (κ2) is 12.8. The molecule has 0 spiro atoms. The van der Waals surface area contributed by atoms with Crippen molar-refractivity contribution in [3.8, 4) is 17.2 Å². The first-order chi connectivity index (χ1) is 18.0. The van der Waals surface area contributed by atoms with E-state index in [1.165, 1.54) is 38.8 Å². The molecule has 0 saturated carbocycles. The predicted octanol–water partition coefficient (Wildman–Crippen LogP) is 3.19. The highest BCUT2D eigenvalue weighted by Gasteiger charge is 2.40. The number of carbonyl (C=O) groups is 2. The van der Waals surface area contributed by atoms with E-state index in [-0.39, 0.29) is 24.2 Å². The molecule has 37 heavy (non-hydrogen) atoms. The number of fused-ring (bicyclic) bond motifs is 1. The molecule has 4 rings (SSSR count). The molecule has 0 N–H and O–H groups in total. The zero-order valence-corrected chi connectivity index (χ0v) is 22.9. The van der Waals surface area contributed by atoms with Crippen LogP contribution in [0.2, 0.25) is 0 Å². The maximum absolute atomic E-state index is 13.9. The summed E-state index contributed by atoms with van der Waals surface area (Å²) in [5.74, 6) is 1.56. The Balaban J connectivity index is 1.50. The Kier molecular flexibility index (Phi) is 9.54. The van der Waals surface area contributed by atoms with Crippen molar-refractivity contribution in [3.63, 3.8) is 0 Å². The summed E-state index contributed by atoms with van der Waals surface area (Å²) < 4.78 is 21.7. The first-order valence-corrected chi connectivity index (χ1v) is 13.6. The molecule has 9 nitrogen and oxygen atoms in total. The normalized spacial score (nSPS) is 24.1. The van der Waals surface area contributed by atoms with Crippen molar-refractivity contribution in [3.05, 3.63) is 12.1 Å². The number of methoxy groups -OCH3 is 4. The minimum atomic E-state index is -0.375. The van der Waals surface area contributed by atoms with Gasteiger partial charge in [-0.05, 0) is 51.1 Å². The SMILES string of the molecule is COCCCN(CC1CCCN2CCCCC12)C(=O)C1CC(=O)N(c2cc(OC)c(OC)c(OC)c2)C1. The number of piperidine rings is 2. The highest BCUT2D eigenvalue weighted by Crippen LogP contribution is 2.42. The Morgan fingerprint density at radius 2 is 1.73 bits per heavy atom. The van der Waals surface area contributed by atoms with Gasteiger partial charge >= 0.3 is 0 Å². The quantitative estimate of drug-likeness (QED) is 0.417. The molecule has 1 aromatic rings. The fraction of sp³-hybridized carbons (Fsp3) is 0.714. The smallest absolute Gasteiger partial charge is 0.228 e. The first-order valence-electron chi connectivity index (χ1n) is 13.6. The monoisotopic (exact) mass is 517 g/mol. The third-order valence-electron chi connectivity index (χ3n) is 8.21. The van der Waals surface area contributed by atoms with E-state index in [9.17, 15) is 9.59 Å². The van der Waals surface area contributed by atoms with Gasteiger partial charge in [0.25, 0.3) is 0 Å². The molecule has 206 valence electrons. The summed E-state index contributed by atoms with van der Waals surface area (Å²) in [7, 11) is 6.34. The van der Waals surface area contributed by atoms with Crippen LogP contribution in [0.15, 0.2) is 12.1 Å². The molecule has 3 heterocycles. The Labute approximate surface area is 220 Å². The number of hydrogen-bond donors (Lipinski definition) is 0. The van der Waals surface area contributed by atoms with Crippen LogP contribution in [0.3, 0.4) is 0 Å².